The molecular weight excluding hydrogens is 234 g/mol. The van der Waals surface area contributed by atoms with Crippen LogP contribution in [0.2, 0.25) is 0 Å². The maximum Gasteiger partial charge on any atom is 0.255 e. The van der Waals surface area contributed by atoms with Crippen LogP contribution in [0.25, 0.3) is 0 Å². The first kappa shape index (κ1) is 14.3. The van der Waals surface area contributed by atoms with Gasteiger partial charge in [-0.15, -0.1) is 0 Å². The molecule has 1 aromatic rings. The Morgan fingerprint density at radius 3 is 2.65 bits per heavy atom. The Kier molecular flexibility index (Phi) is 5.71. The molecule has 0 radical (unpaired) electrons. The van der Waals surface area contributed by atoms with E-state index in [-0.39, 0.29) is 5.56 Å². The van der Waals surface area contributed by atoms with Gasteiger partial charge in [0.05, 0.1) is 5.75 Å². The van der Waals surface area contributed by atoms with E-state index in [2.05, 4.69) is 43.0 Å². The number of rotatable bonds is 6. The van der Waals surface area contributed by atoms with Gasteiger partial charge < -0.3 is 10.3 Å². The topological polar surface area (TPSA) is 57.8 Å². The number of hydrogen-bond donors (Lipinski definition) is 2. The maximum absolute atomic E-state index is 11.8. The van der Waals surface area contributed by atoms with Gasteiger partial charge in [0.1, 0.15) is 5.82 Å². The Bertz CT molecular complexity index is 401. The lowest BCUT2D eigenvalue weighted by Gasteiger charge is -2.08. The van der Waals surface area contributed by atoms with Crippen LogP contribution in [0, 0.1) is 0 Å². The Balaban J connectivity index is 2.63. The van der Waals surface area contributed by atoms with Gasteiger partial charge in [-0.3, -0.25) is 4.79 Å². The second kappa shape index (κ2) is 6.81. The predicted octanol–water partition coefficient (Wildman–Crippen LogP) is 1.91. The summed E-state index contributed by atoms with van der Waals surface area (Å²) in [6.07, 6.45) is 1.67. The Morgan fingerprint density at radius 1 is 1.41 bits per heavy atom. The first-order valence-corrected chi connectivity index (χ1v) is 6.96. The van der Waals surface area contributed by atoms with Crippen molar-refractivity contribution in [2.24, 2.45) is 0 Å². The zero-order chi connectivity index (χ0) is 12.8. The molecule has 2 N–H and O–H groups in total. The molecule has 0 aliphatic carbocycles. The van der Waals surface area contributed by atoms with Gasteiger partial charge in [0.25, 0.3) is 5.56 Å². The van der Waals surface area contributed by atoms with Gasteiger partial charge >= 0.3 is 0 Å². The molecular formula is C12H21N3OS. The third-order valence-corrected chi connectivity index (χ3v) is 3.29. The fraction of sp³-hybridized carbons (Fsp3) is 0.667. The van der Waals surface area contributed by atoms with Crippen LogP contribution in [0.15, 0.2) is 11.0 Å². The summed E-state index contributed by atoms with van der Waals surface area (Å²) >= 11 is 1.77. The second-order valence-electron chi connectivity index (χ2n) is 4.58. The lowest BCUT2D eigenvalue weighted by Crippen LogP contribution is -2.27. The Labute approximate surface area is 107 Å². The van der Waals surface area contributed by atoms with Gasteiger partial charge in [-0.2, -0.15) is 11.8 Å². The lowest BCUT2D eigenvalue weighted by atomic mass is 10.3. The van der Waals surface area contributed by atoms with Gasteiger partial charge in [0.2, 0.25) is 0 Å². The minimum absolute atomic E-state index is 0.0347. The maximum atomic E-state index is 11.8. The van der Waals surface area contributed by atoms with Crippen LogP contribution in [-0.2, 0) is 12.3 Å². The Hall–Kier alpha value is -0.810. The predicted molar refractivity (Wildman–Crippen MR) is 73.3 cm³/mol. The van der Waals surface area contributed by atoms with Crippen molar-refractivity contribution in [3.05, 3.63) is 27.9 Å². The normalized spacial score (nSPS) is 11.4. The van der Waals surface area contributed by atoms with Crippen molar-refractivity contribution in [3.8, 4) is 0 Å². The monoisotopic (exact) mass is 255 g/mol. The molecule has 1 heterocycles. The minimum Gasteiger partial charge on any atom is -0.310 e. The third-order valence-electron chi connectivity index (χ3n) is 2.18. The van der Waals surface area contributed by atoms with E-state index < -0.39 is 0 Å². The number of thioether (sulfide) groups is 1. The zero-order valence-electron chi connectivity index (χ0n) is 10.9. The highest BCUT2D eigenvalue weighted by atomic mass is 32.2. The summed E-state index contributed by atoms with van der Waals surface area (Å²) in [5.74, 6) is 1.51. The number of H-pyrrole nitrogens is 1. The van der Waals surface area contributed by atoms with Crippen molar-refractivity contribution in [3.63, 3.8) is 0 Å². The first-order valence-electron chi connectivity index (χ1n) is 5.91. The molecule has 0 fully saturated rings. The van der Waals surface area contributed by atoms with Gasteiger partial charge in [0.15, 0.2) is 0 Å². The van der Waals surface area contributed by atoms with Crippen molar-refractivity contribution < 1.29 is 0 Å². The summed E-state index contributed by atoms with van der Waals surface area (Å²) in [4.78, 5) is 18.9. The summed E-state index contributed by atoms with van der Waals surface area (Å²) < 4.78 is 0. The van der Waals surface area contributed by atoms with Crippen LogP contribution in [0.5, 0.6) is 0 Å². The fourth-order valence-electron chi connectivity index (χ4n) is 1.22. The molecule has 0 saturated heterocycles. The lowest BCUT2D eigenvalue weighted by molar-refractivity contribution is 0.584. The molecule has 0 aromatic carbocycles. The largest absolute Gasteiger partial charge is 0.310 e. The van der Waals surface area contributed by atoms with Crippen molar-refractivity contribution in [2.45, 2.75) is 51.3 Å². The molecule has 0 aliphatic rings. The fourth-order valence-corrected chi connectivity index (χ4v) is 1.85. The highest BCUT2D eigenvalue weighted by molar-refractivity contribution is 7.99. The summed E-state index contributed by atoms with van der Waals surface area (Å²) in [5, 5.41) is 3.75. The van der Waals surface area contributed by atoms with E-state index in [9.17, 15) is 4.79 Å². The molecule has 1 aromatic heterocycles. The van der Waals surface area contributed by atoms with E-state index in [4.69, 9.17) is 0 Å². The third kappa shape index (κ3) is 5.37. The number of nitrogens with one attached hydrogen (secondary N) is 2. The zero-order valence-corrected chi connectivity index (χ0v) is 11.7. The minimum atomic E-state index is -0.0347. The molecule has 0 bridgehead atoms. The summed E-state index contributed by atoms with van der Waals surface area (Å²) in [6.45, 7) is 8.93. The molecule has 0 aliphatic heterocycles. The van der Waals surface area contributed by atoms with E-state index in [1.165, 1.54) is 0 Å². The molecule has 0 saturated carbocycles. The Morgan fingerprint density at radius 2 is 2.12 bits per heavy atom. The van der Waals surface area contributed by atoms with E-state index in [0.29, 0.717) is 23.4 Å². The SMILES string of the molecule is CC(C)NCc1cnc(CSC(C)C)[nH]c1=O. The number of hydrogen-bond acceptors (Lipinski definition) is 4. The van der Waals surface area contributed by atoms with Crippen LogP contribution in [0.1, 0.15) is 39.1 Å². The standard InChI is InChI=1S/C12H21N3OS/c1-8(2)13-5-10-6-14-11(15-12(10)16)7-17-9(3)4/h6,8-9,13H,5,7H2,1-4H3,(H,14,15,16). The second-order valence-corrected chi connectivity index (χ2v) is 6.14. The average Bonchev–Trinajstić information content (AvgIpc) is 2.24. The van der Waals surface area contributed by atoms with E-state index in [0.717, 1.165) is 11.6 Å². The summed E-state index contributed by atoms with van der Waals surface area (Å²) in [7, 11) is 0. The highest BCUT2D eigenvalue weighted by Crippen LogP contribution is 2.13. The molecule has 4 nitrogen and oxygen atoms in total. The van der Waals surface area contributed by atoms with Gasteiger partial charge in [-0.05, 0) is 5.25 Å². The summed E-state index contributed by atoms with van der Waals surface area (Å²) in [5.41, 5.74) is 0.657. The molecule has 0 unspecified atom stereocenters. The summed E-state index contributed by atoms with van der Waals surface area (Å²) in [6, 6.07) is 0.366. The molecule has 0 atom stereocenters. The van der Waals surface area contributed by atoms with Gasteiger partial charge in [-0.1, -0.05) is 27.7 Å². The van der Waals surface area contributed by atoms with Crippen molar-refractivity contribution in [1.29, 1.82) is 0 Å². The van der Waals surface area contributed by atoms with Crippen LogP contribution in [0.4, 0.5) is 0 Å². The highest BCUT2D eigenvalue weighted by Gasteiger charge is 2.04. The van der Waals surface area contributed by atoms with Gasteiger partial charge in [0, 0.05) is 24.3 Å². The van der Waals surface area contributed by atoms with Crippen LogP contribution < -0.4 is 10.9 Å². The van der Waals surface area contributed by atoms with E-state index in [1.807, 2.05) is 0 Å². The molecule has 5 heteroatoms. The van der Waals surface area contributed by atoms with Gasteiger partial charge in [-0.25, -0.2) is 4.98 Å². The molecule has 0 spiro atoms. The van der Waals surface area contributed by atoms with Crippen LogP contribution >= 0.6 is 11.8 Å². The van der Waals surface area contributed by atoms with Crippen molar-refractivity contribution in [1.82, 2.24) is 15.3 Å². The quantitative estimate of drug-likeness (QED) is 0.815. The van der Waals surface area contributed by atoms with Crippen LogP contribution in [0.3, 0.4) is 0 Å². The molecule has 1 rings (SSSR count). The first-order chi connectivity index (χ1) is 7.99. The number of aromatic amines is 1. The number of nitrogens with zero attached hydrogens (tertiary/aromatic N) is 1. The van der Waals surface area contributed by atoms with Crippen molar-refractivity contribution in [2.75, 3.05) is 0 Å². The van der Waals surface area contributed by atoms with Crippen molar-refractivity contribution >= 4 is 11.8 Å². The molecule has 96 valence electrons. The van der Waals surface area contributed by atoms with E-state index >= 15 is 0 Å². The molecule has 0 amide bonds. The van der Waals surface area contributed by atoms with Crippen LogP contribution in [-0.4, -0.2) is 21.3 Å². The van der Waals surface area contributed by atoms with E-state index in [1.54, 1.807) is 18.0 Å². The molecule has 17 heavy (non-hydrogen) atoms. The number of aromatic nitrogens is 2. The smallest absolute Gasteiger partial charge is 0.255 e. The average molecular weight is 255 g/mol.